The van der Waals surface area contributed by atoms with Gasteiger partial charge in [0.2, 0.25) is 0 Å². The maximum absolute atomic E-state index is 13.8. The topological polar surface area (TPSA) is 77.1 Å². The van der Waals surface area contributed by atoms with Gasteiger partial charge in [-0.2, -0.15) is 0 Å². The van der Waals surface area contributed by atoms with Gasteiger partial charge in [-0.05, 0) is 86.0 Å². The summed E-state index contributed by atoms with van der Waals surface area (Å²) in [5.41, 5.74) is 0.584. The molecule has 9 heteroatoms. The van der Waals surface area contributed by atoms with E-state index in [0.29, 0.717) is 10.9 Å². The van der Waals surface area contributed by atoms with Crippen LogP contribution in [0.25, 0.3) is 0 Å². The van der Waals surface area contributed by atoms with Gasteiger partial charge in [0, 0.05) is 5.02 Å². The molecular formula is C39H51ClN2O5Si. The molecule has 2 atom stereocenters. The van der Waals surface area contributed by atoms with E-state index in [4.69, 9.17) is 25.5 Å². The highest BCUT2D eigenvalue weighted by Gasteiger charge is 2.51. The first kappa shape index (κ1) is 36.1. The summed E-state index contributed by atoms with van der Waals surface area (Å²) in [6.07, 6.45) is 0.975. The Morgan fingerprint density at radius 1 is 0.896 bits per heavy atom. The molecule has 48 heavy (non-hydrogen) atoms. The highest BCUT2D eigenvalue weighted by atomic mass is 35.5. The third-order valence-electron chi connectivity index (χ3n) is 9.27. The van der Waals surface area contributed by atoms with E-state index in [2.05, 4.69) is 56.4 Å². The van der Waals surface area contributed by atoms with Crippen LogP contribution >= 0.6 is 11.6 Å². The average Bonchev–Trinajstić information content (AvgIpc) is 3.86. The lowest BCUT2D eigenvalue weighted by Gasteiger charge is -2.46. The summed E-state index contributed by atoms with van der Waals surface area (Å²) in [4.78, 5) is 29.1. The number of nitrogens with zero attached hydrogens (tertiary/aromatic N) is 1. The fraction of sp³-hybridized carbons (Fsp3) is 0.487. The average molecular weight is 691 g/mol. The Labute approximate surface area is 292 Å². The zero-order valence-electron chi connectivity index (χ0n) is 29.6. The van der Waals surface area contributed by atoms with Gasteiger partial charge in [-0.25, -0.2) is 4.79 Å². The first-order valence-electron chi connectivity index (χ1n) is 17.0. The smallest absolute Gasteiger partial charge is 0.410 e. The summed E-state index contributed by atoms with van der Waals surface area (Å²) in [6, 6.07) is 26.4. The number of carbonyl (C=O) groups excluding carboxylic acids is 2. The lowest BCUT2D eigenvalue weighted by Crippen LogP contribution is -2.68. The van der Waals surface area contributed by atoms with Crippen LogP contribution in [0.3, 0.4) is 0 Å². The maximum Gasteiger partial charge on any atom is 0.410 e. The summed E-state index contributed by atoms with van der Waals surface area (Å²) in [5, 5.41) is 5.82. The van der Waals surface area contributed by atoms with Crippen molar-refractivity contribution in [2.75, 3.05) is 19.8 Å². The normalized spacial score (nSPS) is 19.1. The van der Waals surface area contributed by atoms with Crippen molar-refractivity contribution >= 4 is 42.3 Å². The van der Waals surface area contributed by atoms with E-state index in [0.717, 1.165) is 15.9 Å². The van der Waals surface area contributed by atoms with Crippen molar-refractivity contribution < 1.29 is 23.5 Å². The Balaban J connectivity index is 1.39. The molecule has 1 N–H and O–H groups in total. The zero-order chi connectivity index (χ0) is 34.9. The molecule has 1 aliphatic heterocycles. The van der Waals surface area contributed by atoms with E-state index in [1.807, 2.05) is 83.1 Å². The quantitative estimate of drug-likeness (QED) is 0.242. The molecular weight excluding hydrogens is 640 g/mol. The Bertz CT molecular complexity index is 1540. The van der Waals surface area contributed by atoms with Crippen LogP contribution in [0.1, 0.15) is 85.3 Å². The number of ether oxygens (including phenoxy) is 2. The molecule has 2 amide bonds. The van der Waals surface area contributed by atoms with Gasteiger partial charge in [0.1, 0.15) is 5.60 Å². The van der Waals surface area contributed by atoms with E-state index in [1.54, 1.807) is 4.90 Å². The van der Waals surface area contributed by atoms with Crippen LogP contribution in [0, 0.1) is 0 Å². The third-order valence-corrected chi connectivity index (χ3v) is 14.6. The molecule has 5 rings (SSSR count). The summed E-state index contributed by atoms with van der Waals surface area (Å²) < 4.78 is 19.3. The highest BCUT2D eigenvalue weighted by Crippen LogP contribution is 2.42. The SMILES string of the molecule is CC(C)(C)OC(=O)N1C[C@@H](C(=O)NC(C)(C)c2ccc(C3CC3)cc2Cl)OC[C@H]1CO[Si](c1ccccc1)(c1ccccc1)C(C)(C)C. The second-order valence-electron chi connectivity index (χ2n) is 15.7. The van der Waals surface area contributed by atoms with Crippen LogP contribution in [-0.4, -0.2) is 62.7 Å². The second-order valence-corrected chi connectivity index (χ2v) is 20.4. The summed E-state index contributed by atoms with van der Waals surface area (Å²) in [7, 11) is -2.89. The molecule has 1 saturated carbocycles. The van der Waals surface area contributed by atoms with Gasteiger partial charge in [-0.3, -0.25) is 9.69 Å². The number of benzene rings is 3. The molecule has 0 radical (unpaired) electrons. The Morgan fingerprint density at radius 3 is 1.98 bits per heavy atom. The number of morpholine rings is 1. The van der Waals surface area contributed by atoms with E-state index >= 15 is 0 Å². The lowest BCUT2D eigenvalue weighted by molar-refractivity contribution is -0.144. The van der Waals surface area contributed by atoms with E-state index in [9.17, 15) is 9.59 Å². The Kier molecular flexibility index (Phi) is 10.5. The number of halogens is 1. The van der Waals surface area contributed by atoms with Gasteiger partial charge < -0.3 is 19.2 Å². The molecule has 258 valence electrons. The molecule has 2 fully saturated rings. The molecule has 3 aromatic carbocycles. The molecule has 0 aromatic heterocycles. The summed E-state index contributed by atoms with van der Waals surface area (Å²) in [6.45, 7) is 16.4. The molecule has 0 unspecified atom stereocenters. The van der Waals surface area contributed by atoms with Crippen molar-refractivity contribution in [1.82, 2.24) is 10.2 Å². The van der Waals surface area contributed by atoms with E-state index in [1.165, 1.54) is 18.4 Å². The van der Waals surface area contributed by atoms with Crippen molar-refractivity contribution in [1.29, 1.82) is 0 Å². The van der Waals surface area contributed by atoms with Gasteiger partial charge in [-0.1, -0.05) is 105 Å². The molecule has 0 bridgehead atoms. The number of hydrogen-bond donors (Lipinski definition) is 1. The molecule has 1 aliphatic carbocycles. The van der Waals surface area contributed by atoms with Crippen LogP contribution in [0.15, 0.2) is 78.9 Å². The molecule has 0 spiro atoms. The monoisotopic (exact) mass is 690 g/mol. The Morgan fingerprint density at radius 2 is 1.48 bits per heavy atom. The van der Waals surface area contributed by atoms with Crippen molar-refractivity contribution in [3.63, 3.8) is 0 Å². The number of carbonyl (C=O) groups is 2. The number of nitrogens with one attached hydrogen (secondary N) is 1. The van der Waals surface area contributed by atoms with Gasteiger partial charge in [-0.15, -0.1) is 0 Å². The molecule has 3 aromatic rings. The highest BCUT2D eigenvalue weighted by molar-refractivity contribution is 6.99. The summed E-state index contributed by atoms with van der Waals surface area (Å²) in [5.74, 6) is 0.263. The first-order valence-corrected chi connectivity index (χ1v) is 19.3. The number of hydrogen-bond acceptors (Lipinski definition) is 5. The van der Waals surface area contributed by atoms with E-state index in [-0.39, 0.29) is 30.7 Å². The van der Waals surface area contributed by atoms with Crippen LogP contribution in [0.5, 0.6) is 0 Å². The molecule has 7 nitrogen and oxygen atoms in total. The predicted octanol–water partition coefficient (Wildman–Crippen LogP) is 7.15. The minimum absolute atomic E-state index is 0.0277. The first-order chi connectivity index (χ1) is 22.5. The summed E-state index contributed by atoms with van der Waals surface area (Å²) >= 11 is 6.73. The fourth-order valence-corrected chi connectivity index (χ4v) is 11.7. The Hall–Kier alpha value is -3.17. The van der Waals surface area contributed by atoms with Crippen molar-refractivity contribution in [3.8, 4) is 0 Å². The second kappa shape index (κ2) is 14.0. The molecule has 2 aliphatic rings. The van der Waals surface area contributed by atoms with Gasteiger partial charge in [0.25, 0.3) is 14.2 Å². The number of amides is 2. The zero-order valence-corrected chi connectivity index (χ0v) is 31.4. The van der Waals surface area contributed by atoms with Crippen molar-refractivity contribution in [2.24, 2.45) is 0 Å². The van der Waals surface area contributed by atoms with Crippen LogP contribution in [-0.2, 0) is 24.2 Å². The predicted molar refractivity (Wildman–Crippen MR) is 195 cm³/mol. The van der Waals surface area contributed by atoms with Gasteiger partial charge >= 0.3 is 6.09 Å². The van der Waals surface area contributed by atoms with Gasteiger partial charge in [0.15, 0.2) is 6.10 Å². The minimum atomic E-state index is -2.89. The standard InChI is InChI=1S/C39H51ClN2O5Si/c1-37(2,3)47-36(44)42-24-34(35(43)41-39(7,8)32-22-21-28(23-33(32)40)27-19-20-27)45-25-29(42)26-46-48(38(4,5)6,30-15-11-9-12-16-30)31-17-13-10-14-18-31/h9-18,21-23,27,29,34H,19-20,24-26H2,1-8H3,(H,41,43)/t29-,34-/m0/s1. The molecule has 1 saturated heterocycles. The minimum Gasteiger partial charge on any atom is -0.444 e. The molecule has 1 heterocycles. The fourth-order valence-electron chi connectivity index (χ4n) is 6.69. The number of rotatable bonds is 9. The van der Waals surface area contributed by atoms with Gasteiger partial charge in [0.05, 0.1) is 31.3 Å². The van der Waals surface area contributed by atoms with Crippen molar-refractivity contribution in [2.45, 2.75) is 102 Å². The van der Waals surface area contributed by atoms with E-state index < -0.39 is 37.7 Å². The van der Waals surface area contributed by atoms with Crippen LogP contribution < -0.4 is 15.7 Å². The third kappa shape index (κ3) is 7.99. The largest absolute Gasteiger partial charge is 0.444 e. The van der Waals surface area contributed by atoms with Crippen LogP contribution in [0.4, 0.5) is 4.79 Å². The lowest BCUT2D eigenvalue weighted by atomic mass is 9.92. The van der Waals surface area contributed by atoms with Crippen LogP contribution in [0.2, 0.25) is 10.1 Å². The van der Waals surface area contributed by atoms with Crippen molar-refractivity contribution in [3.05, 3.63) is 95.0 Å². The maximum atomic E-state index is 13.8.